The summed E-state index contributed by atoms with van der Waals surface area (Å²) in [7, 11) is 0. The fourth-order valence-electron chi connectivity index (χ4n) is 3.77. The smallest absolute Gasteiger partial charge is 0.0440 e. The van der Waals surface area contributed by atoms with Crippen molar-refractivity contribution in [3.05, 3.63) is 96.6 Å². The number of thiophene rings is 1. The van der Waals surface area contributed by atoms with Gasteiger partial charge in [-0.2, -0.15) is 0 Å². The second-order valence-corrected chi connectivity index (χ2v) is 7.70. The van der Waals surface area contributed by atoms with Crippen LogP contribution in [0, 0.1) is 6.92 Å². The van der Waals surface area contributed by atoms with E-state index in [0.717, 1.165) is 0 Å². The third-order valence-electron chi connectivity index (χ3n) is 5.05. The van der Waals surface area contributed by atoms with Crippen molar-refractivity contribution in [2.24, 2.45) is 0 Å². The van der Waals surface area contributed by atoms with Crippen LogP contribution in [0.2, 0.25) is 0 Å². The molecule has 1 aromatic heterocycles. The lowest BCUT2D eigenvalue weighted by atomic mass is 9.93. The van der Waals surface area contributed by atoms with E-state index in [4.69, 9.17) is 0 Å². The minimum Gasteiger partial charge on any atom is -0.135 e. The molecule has 0 aliphatic rings. The molecule has 0 saturated carbocycles. The van der Waals surface area contributed by atoms with Crippen LogP contribution in [0.3, 0.4) is 0 Å². The van der Waals surface area contributed by atoms with Crippen LogP contribution in [-0.2, 0) is 0 Å². The summed E-state index contributed by atoms with van der Waals surface area (Å²) in [5.74, 6) is 0. The van der Waals surface area contributed by atoms with Gasteiger partial charge in [-0.05, 0) is 40.8 Å². The van der Waals surface area contributed by atoms with Crippen LogP contribution in [0.1, 0.15) is 5.56 Å². The zero-order chi connectivity index (χ0) is 17.5. The first-order chi connectivity index (χ1) is 12.8. The molecule has 4 aromatic carbocycles. The molecule has 0 atom stereocenters. The predicted octanol–water partition coefficient (Wildman–Crippen LogP) is 7.70. The zero-order valence-electron chi connectivity index (χ0n) is 14.6. The summed E-state index contributed by atoms with van der Waals surface area (Å²) in [5, 5.41) is 2.73. The Hall–Kier alpha value is -2.90. The van der Waals surface area contributed by atoms with Crippen molar-refractivity contribution < 1.29 is 0 Å². The van der Waals surface area contributed by atoms with E-state index in [1.54, 1.807) is 0 Å². The minimum absolute atomic E-state index is 1.28. The highest BCUT2D eigenvalue weighted by molar-refractivity contribution is 7.26. The summed E-state index contributed by atoms with van der Waals surface area (Å²) in [6, 6.07) is 32.7. The van der Waals surface area contributed by atoms with Crippen molar-refractivity contribution >= 4 is 31.5 Å². The van der Waals surface area contributed by atoms with E-state index in [1.165, 1.54) is 48.0 Å². The second-order valence-electron chi connectivity index (χ2n) is 6.64. The highest BCUT2D eigenvalue weighted by Crippen LogP contribution is 2.45. The van der Waals surface area contributed by atoms with Crippen molar-refractivity contribution in [2.45, 2.75) is 6.92 Å². The van der Waals surface area contributed by atoms with Gasteiger partial charge in [-0.3, -0.25) is 0 Å². The Morgan fingerprint density at radius 2 is 1.27 bits per heavy atom. The second kappa shape index (κ2) is 6.12. The molecule has 0 radical (unpaired) electrons. The highest BCUT2D eigenvalue weighted by atomic mass is 32.1. The molecule has 1 heterocycles. The molecule has 0 aliphatic heterocycles. The van der Waals surface area contributed by atoms with E-state index in [9.17, 15) is 0 Å². The first kappa shape index (κ1) is 15.4. The van der Waals surface area contributed by atoms with Gasteiger partial charge in [0, 0.05) is 20.2 Å². The molecule has 0 unspecified atom stereocenters. The zero-order valence-corrected chi connectivity index (χ0v) is 15.4. The summed E-state index contributed by atoms with van der Waals surface area (Å²) in [4.78, 5) is 0. The van der Waals surface area contributed by atoms with Gasteiger partial charge in [0.15, 0.2) is 0 Å². The van der Waals surface area contributed by atoms with Crippen LogP contribution in [-0.4, -0.2) is 0 Å². The molecule has 0 fully saturated rings. The molecular weight excluding hydrogens is 332 g/mol. The number of fused-ring (bicyclic) bond motifs is 3. The standard InChI is InChI=1S/C25H18S/c1-17-9-5-6-12-19(17)21-16-15-20(18-10-3-2-4-11-18)25-24(21)22-13-7-8-14-23(22)26-25/h2-16H,1H3. The lowest BCUT2D eigenvalue weighted by Crippen LogP contribution is -1.86. The number of hydrogen-bond acceptors (Lipinski definition) is 1. The number of benzene rings is 4. The molecule has 0 N–H and O–H groups in total. The fourth-order valence-corrected chi connectivity index (χ4v) is 5.04. The number of hydrogen-bond donors (Lipinski definition) is 0. The highest BCUT2D eigenvalue weighted by Gasteiger charge is 2.15. The molecule has 124 valence electrons. The molecule has 5 rings (SSSR count). The summed E-state index contributed by atoms with van der Waals surface area (Å²) in [6.45, 7) is 2.20. The maximum atomic E-state index is 2.30. The largest absolute Gasteiger partial charge is 0.135 e. The molecule has 0 amide bonds. The minimum atomic E-state index is 1.28. The summed E-state index contributed by atoms with van der Waals surface area (Å²) in [5.41, 5.74) is 6.56. The Morgan fingerprint density at radius 1 is 0.577 bits per heavy atom. The Kier molecular flexibility index (Phi) is 3.62. The van der Waals surface area contributed by atoms with Crippen LogP contribution in [0.4, 0.5) is 0 Å². The monoisotopic (exact) mass is 350 g/mol. The van der Waals surface area contributed by atoms with Crippen molar-refractivity contribution in [2.75, 3.05) is 0 Å². The average Bonchev–Trinajstić information content (AvgIpc) is 3.08. The van der Waals surface area contributed by atoms with Crippen molar-refractivity contribution in [1.82, 2.24) is 0 Å². The Balaban J connectivity index is 1.93. The third-order valence-corrected chi connectivity index (χ3v) is 6.25. The van der Waals surface area contributed by atoms with E-state index in [-0.39, 0.29) is 0 Å². The van der Waals surface area contributed by atoms with E-state index in [1.807, 2.05) is 11.3 Å². The Bertz CT molecular complexity index is 1230. The van der Waals surface area contributed by atoms with E-state index in [0.29, 0.717) is 0 Å². The first-order valence-electron chi connectivity index (χ1n) is 8.88. The van der Waals surface area contributed by atoms with E-state index >= 15 is 0 Å². The van der Waals surface area contributed by atoms with Crippen molar-refractivity contribution in [3.63, 3.8) is 0 Å². The topological polar surface area (TPSA) is 0 Å². The molecule has 1 heteroatoms. The van der Waals surface area contributed by atoms with Crippen LogP contribution >= 0.6 is 11.3 Å². The van der Waals surface area contributed by atoms with Crippen LogP contribution in [0.5, 0.6) is 0 Å². The maximum absolute atomic E-state index is 2.30. The lowest BCUT2D eigenvalue weighted by molar-refractivity contribution is 1.47. The average molecular weight is 350 g/mol. The molecule has 26 heavy (non-hydrogen) atoms. The molecular formula is C25H18S. The van der Waals surface area contributed by atoms with Gasteiger partial charge in [-0.15, -0.1) is 11.3 Å². The van der Waals surface area contributed by atoms with Gasteiger partial charge >= 0.3 is 0 Å². The van der Waals surface area contributed by atoms with Gasteiger partial charge in [-0.25, -0.2) is 0 Å². The number of aryl methyl sites for hydroxylation is 1. The molecule has 0 aliphatic carbocycles. The summed E-state index contributed by atoms with van der Waals surface area (Å²) in [6.07, 6.45) is 0. The Labute approximate surface area is 157 Å². The molecule has 0 nitrogen and oxygen atoms in total. The van der Waals surface area contributed by atoms with Gasteiger partial charge < -0.3 is 0 Å². The number of rotatable bonds is 2. The van der Waals surface area contributed by atoms with E-state index < -0.39 is 0 Å². The third kappa shape index (κ3) is 2.36. The van der Waals surface area contributed by atoms with Crippen LogP contribution < -0.4 is 0 Å². The molecule has 0 bridgehead atoms. The van der Waals surface area contributed by atoms with Crippen molar-refractivity contribution in [1.29, 1.82) is 0 Å². The lowest BCUT2D eigenvalue weighted by Gasteiger charge is -2.11. The SMILES string of the molecule is Cc1ccccc1-c1ccc(-c2ccccc2)c2sc3ccccc3c12. The Morgan fingerprint density at radius 3 is 2.12 bits per heavy atom. The normalized spacial score (nSPS) is 11.3. The summed E-state index contributed by atoms with van der Waals surface area (Å²) < 4.78 is 2.72. The van der Waals surface area contributed by atoms with Gasteiger partial charge in [-0.1, -0.05) is 84.9 Å². The van der Waals surface area contributed by atoms with Crippen molar-refractivity contribution in [3.8, 4) is 22.3 Å². The molecule has 5 aromatic rings. The van der Waals surface area contributed by atoms with Gasteiger partial charge in [0.25, 0.3) is 0 Å². The molecule has 0 saturated heterocycles. The van der Waals surface area contributed by atoms with Crippen LogP contribution in [0.25, 0.3) is 42.4 Å². The van der Waals surface area contributed by atoms with Gasteiger partial charge in [0.05, 0.1) is 0 Å². The van der Waals surface area contributed by atoms with Gasteiger partial charge in [0.1, 0.15) is 0 Å². The van der Waals surface area contributed by atoms with Crippen LogP contribution in [0.15, 0.2) is 91.0 Å². The molecule has 0 spiro atoms. The fraction of sp³-hybridized carbons (Fsp3) is 0.0400. The first-order valence-corrected chi connectivity index (χ1v) is 9.70. The predicted molar refractivity (Wildman–Crippen MR) is 115 cm³/mol. The van der Waals surface area contributed by atoms with Gasteiger partial charge in [0.2, 0.25) is 0 Å². The summed E-state index contributed by atoms with van der Waals surface area (Å²) >= 11 is 1.90. The van der Waals surface area contributed by atoms with E-state index in [2.05, 4.69) is 97.9 Å². The maximum Gasteiger partial charge on any atom is 0.0440 e. The quantitative estimate of drug-likeness (QED) is 0.306.